The van der Waals surface area contributed by atoms with Gasteiger partial charge >= 0.3 is 12.6 Å². The van der Waals surface area contributed by atoms with Gasteiger partial charge < -0.3 is 14.8 Å². The summed E-state index contributed by atoms with van der Waals surface area (Å²) in [5.41, 5.74) is 0.693. The van der Waals surface area contributed by atoms with Crippen molar-refractivity contribution in [3.63, 3.8) is 0 Å². The Labute approximate surface area is 159 Å². The lowest BCUT2D eigenvalue weighted by Crippen LogP contribution is -2.27. The second-order valence-corrected chi connectivity index (χ2v) is 5.55. The van der Waals surface area contributed by atoms with Crippen LogP contribution in [0, 0.1) is 0 Å². The molecule has 0 saturated heterocycles. The molecule has 0 atom stereocenters. The molecule has 0 spiro atoms. The number of hydrogen-bond acceptors (Lipinski definition) is 5. The van der Waals surface area contributed by atoms with E-state index in [-0.39, 0.29) is 17.0 Å². The molecule has 0 unspecified atom stereocenters. The van der Waals surface area contributed by atoms with Crippen molar-refractivity contribution < 1.29 is 32.6 Å². The van der Waals surface area contributed by atoms with E-state index in [4.69, 9.17) is 4.74 Å². The second-order valence-electron chi connectivity index (χ2n) is 5.55. The summed E-state index contributed by atoms with van der Waals surface area (Å²) in [4.78, 5) is 35.7. The normalized spacial score (nSPS) is 11.1. The Bertz CT molecular complexity index is 864. The van der Waals surface area contributed by atoms with Crippen LogP contribution in [0.15, 0.2) is 60.3 Å². The summed E-state index contributed by atoms with van der Waals surface area (Å²) in [6.07, 6.45) is 1.42. The van der Waals surface area contributed by atoms with E-state index in [1.165, 1.54) is 37.3 Å². The predicted octanol–water partition coefficient (Wildman–Crippen LogP) is 3.19. The monoisotopic (exact) mass is 389 g/mol. The van der Waals surface area contributed by atoms with E-state index < -0.39 is 30.9 Å². The SMILES string of the molecule is CC(=O)NC(=Cc1ccccc1)C(=O)OCC(=O)c1ccc(OC(F)F)cc1. The molecule has 28 heavy (non-hydrogen) atoms. The summed E-state index contributed by atoms with van der Waals surface area (Å²) >= 11 is 0. The molecule has 0 radical (unpaired) electrons. The average molecular weight is 389 g/mol. The zero-order valence-corrected chi connectivity index (χ0v) is 14.9. The first-order chi connectivity index (χ1) is 13.3. The molecule has 146 valence electrons. The van der Waals surface area contributed by atoms with Crippen molar-refractivity contribution in [2.45, 2.75) is 13.5 Å². The summed E-state index contributed by atoms with van der Waals surface area (Å²) in [7, 11) is 0. The topological polar surface area (TPSA) is 81.7 Å². The number of hydrogen-bond donors (Lipinski definition) is 1. The van der Waals surface area contributed by atoms with Crippen molar-refractivity contribution in [3.05, 3.63) is 71.4 Å². The number of ether oxygens (including phenoxy) is 2. The van der Waals surface area contributed by atoms with Crippen molar-refractivity contribution in [1.29, 1.82) is 0 Å². The third-order valence-corrected chi connectivity index (χ3v) is 3.38. The summed E-state index contributed by atoms with van der Waals surface area (Å²) in [5, 5.41) is 2.37. The Kier molecular flexibility index (Phi) is 7.38. The van der Waals surface area contributed by atoms with E-state index in [0.717, 1.165) is 0 Å². The number of carbonyl (C=O) groups is 3. The van der Waals surface area contributed by atoms with Gasteiger partial charge in [0.2, 0.25) is 5.91 Å². The van der Waals surface area contributed by atoms with Crippen LogP contribution in [0.25, 0.3) is 6.08 Å². The van der Waals surface area contributed by atoms with Crippen LogP contribution in [0.1, 0.15) is 22.8 Å². The number of rotatable bonds is 8. The van der Waals surface area contributed by atoms with Crippen molar-refractivity contribution in [1.82, 2.24) is 5.32 Å². The highest BCUT2D eigenvalue weighted by molar-refractivity contribution is 6.01. The minimum Gasteiger partial charge on any atom is -0.453 e. The number of amides is 1. The average Bonchev–Trinajstić information content (AvgIpc) is 2.66. The van der Waals surface area contributed by atoms with Crippen molar-refractivity contribution in [2.24, 2.45) is 0 Å². The van der Waals surface area contributed by atoms with Gasteiger partial charge in [-0.25, -0.2) is 4.79 Å². The summed E-state index contributed by atoms with van der Waals surface area (Å²) in [5.74, 6) is -1.99. The highest BCUT2D eigenvalue weighted by Crippen LogP contribution is 2.15. The van der Waals surface area contributed by atoms with Gasteiger partial charge in [0.1, 0.15) is 11.4 Å². The first-order valence-corrected chi connectivity index (χ1v) is 8.14. The molecule has 2 aromatic carbocycles. The Hall–Kier alpha value is -3.55. The van der Waals surface area contributed by atoms with Gasteiger partial charge in [0, 0.05) is 12.5 Å². The Morgan fingerprint density at radius 3 is 2.25 bits per heavy atom. The highest BCUT2D eigenvalue weighted by atomic mass is 19.3. The maximum Gasteiger partial charge on any atom is 0.387 e. The van der Waals surface area contributed by atoms with Gasteiger partial charge in [0.05, 0.1) is 0 Å². The van der Waals surface area contributed by atoms with Gasteiger partial charge in [-0.3, -0.25) is 9.59 Å². The number of carbonyl (C=O) groups excluding carboxylic acids is 3. The lowest BCUT2D eigenvalue weighted by atomic mass is 10.1. The standard InChI is InChI=1S/C20H17F2NO5/c1-13(24)23-17(11-14-5-3-2-4-6-14)19(26)27-12-18(25)15-7-9-16(10-8-15)28-20(21)22/h2-11,20H,12H2,1H3,(H,23,24). The van der Waals surface area contributed by atoms with E-state index in [9.17, 15) is 23.2 Å². The molecule has 2 rings (SSSR count). The molecule has 0 aromatic heterocycles. The summed E-state index contributed by atoms with van der Waals surface area (Å²) in [6, 6.07) is 13.7. The van der Waals surface area contributed by atoms with Crippen LogP contribution >= 0.6 is 0 Å². The number of halogens is 2. The fourth-order valence-corrected chi connectivity index (χ4v) is 2.17. The molecule has 8 heteroatoms. The van der Waals surface area contributed by atoms with E-state index >= 15 is 0 Å². The molecule has 1 N–H and O–H groups in total. The Balaban J connectivity index is 2.02. The number of esters is 1. The Morgan fingerprint density at radius 2 is 1.68 bits per heavy atom. The molecule has 0 aliphatic rings. The molecule has 0 bridgehead atoms. The first kappa shape index (κ1) is 20.8. The number of benzene rings is 2. The maximum atomic E-state index is 12.2. The number of Topliss-reactive ketones (excluding diaryl/α,β-unsaturated/α-hetero) is 1. The van der Waals surface area contributed by atoms with E-state index in [1.807, 2.05) is 0 Å². The van der Waals surface area contributed by atoms with Crippen LogP contribution in [0.5, 0.6) is 5.75 Å². The molecular weight excluding hydrogens is 372 g/mol. The third kappa shape index (κ3) is 6.64. The minimum atomic E-state index is -2.97. The van der Waals surface area contributed by atoms with Gasteiger partial charge in [-0.2, -0.15) is 8.78 Å². The molecule has 0 aliphatic carbocycles. The maximum absolute atomic E-state index is 12.2. The number of nitrogens with one attached hydrogen (secondary N) is 1. The zero-order chi connectivity index (χ0) is 20.5. The smallest absolute Gasteiger partial charge is 0.387 e. The second kappa shape index (κ2) is 9.96. The minimum absolute atomic E-state index is 0.0951. The van der Waals surface area contributed by atoms with Crippen LogP contribution in [-0.2, 0) is 14.3 Å². The van der Waals surface area contributed by atoms with Gasteiger partial charge in [0.15, 0.2) is 12.4 Å². The fraction of sp³-hybridized carbons (Fsp3) is 0.150. The van der Waals surface area contributed by atoms with Crippen LogP contribution in [-0.4, -0.2) is 30.9 Å². The number of alkyl halides is 2. The van der Waals surface area contributed by atoms with Gasteiger partial charge in [0.25, 0.3) is 0 Å². The zero-order valence-electron chi connectivity index (χ0n) is 14.9. The molecular formula is C20H17F2NO5. The van der Waals surface area contributed by atoms with Crippen LogP contribution in [0.2, 0.25) is 0 Å². The highest BCUT2D eigenvalue weighted by Gasteiger charge is 2.16. The summed E-state index contributed by atoms with van der Waals surface area (Å²) < 4.78 is 33.4. The molecule has 0 heterocycles. The van der Waals surface area contributed by atoms with Crippen LogP contribution < -0.4 is 10.1 Å². The lowest BCUT2D eigenvalue weighted by molar-refractivity contribution is -0.139. The van der Waals surface area contributed by atoms with E-state index in [0.29, 0.717) is 5.56 Å². The lowest BCUT2D eigenvalue weighted by Gasteiger charge is -2.09. The molecule has 0 aliphatic heterocycles. The van der Waals surface area contributed by atoms with Crippen LogP contribution in [0.3, 0.4) is 0 Å². The molecule has 2 aromatic rings. The van der Waals surface area contributed by atoms with Gasteiger partial charge in [-0.05, 0) is 35.9 Å². The molecule has 1 amide bonds. The number of ketones is 1. The van der Waals surface area contributed by atoms with Crippen molar-refractivity contribution >= 4 is 23.7 Å². The van der Waals surface area contributed by atoms with E-state index in [2.05, 4.69) is 10.1 Å². The first-order valence-electron chi connectivity index (χ1n) is 8.14. The quantitative estimate of drug-likeness (QED) is 0.426. The molecule has 6 nitrogen and oxygen atoms in total. The molecule has 0 saturated carbocycles. The van der Waals surface area contributed by atoms with Gasteiger partial charge in [-0.15, -0.1) is 0 Å². The largest absolute Gasteiger partial charge is 0.453 e. The van der Waals surface area contributed by atoms with Gasteiger partial charge in [-0.1, -0.05) is 30.3 Å². The van der Waals surface area contributed by atoms with Crippen LogP contribution in [0.4, 0.5) is 8.78 Å². The fourth-order valence-electron chi connectivity index (χ4n) is 2.17. The van der Waals surface area contributed by atoms with Crippen molar-refractivity contribution in [3.8, 4) is 5.75 Å². The summed E-state index contributed by atoms with van der Waals surface area (Å²) in [6.45, 7) is -2.31. The third-order valence-electron chi connectivity index (χ3n) is 3.38. The van der Waals surface area contributed by atoms with Crippen molar-refractivity contribution in [2.75, 3.05) is 6.61 Å². The van der Waals surface area contributed by atoms with E-state index in [1.54, 1.807) is 30.3 Å². The Morgan fingerprint density at radius 1 is 1.04 bits per heavy atom. The molecule has 0 fully saturated rings. The predicted molar refractivity (Wildman–Crippen MR) is 96.6 cm³/mol.